The first-order chi connectivity index (χ1) is 8.20. The van der Waals surface area contributed by atoms with Crippen LogP contribution in [0.3, 0.4) is 0 Å². The number of rotatable bonds is 3. The Kier molecular flexibility index (Phi) is 4.45. The number of aromatic nitrogens is 1. The molecule has 6 heteroatoms. The minimum Gasteiger partial charge on any atom is -0.379 e. The smallest absolute Gasteiger partial charge is 0.145 e. The van der Waals surface area contributed by atoms with Gasteiger partial charge in [0.2, 0.25) is 0 Å². The molecule has 0 unspecified atom stereocenters. The van der Waals surface area contributed by atoms with Crippen molar-refractivity contribution in [1.82, 2.24) is 4.98 Å². The number of nitrogens with one attached hydrogen (secondary N) is 1. The number of nitrogens with zero attached hydrogens (tertiary/aromatic N) is 1. The summed E-state index contributed by atoms with van der Waals surface area (Å²) in [5.41, 5.74) is 0. The van der Waals surface area contributed by atoms with Crippen molar-refractivity contribution in [3.63, 3.8) is 0 Å². The van der Waals surface area contributed by atoms with E-state index >= 15 is 0 Å². The topological polar surface area (TPSA) is 43.4 Å². The molecule has 0 spiro atoms. The third-order valence-corrected chi connectivity index (χ3v) is 3.23. The van der Waals surface area contributed by atoms with Crippen LogP contribution in [0.25, 0.3) is 0 Å². The van der Waals surface area contributed by atoms with Gasteiger partial charge in [-0.25, -0.2) is 4.98 Å². The lowest BCUT2D eigenvalue weighted by Gasteiger charge is -2.31. The zero-order valence-electron chi connectivity index (χ0n) is 9.45. The van der Waals surface area contributed by atoms with Crippen LogP contribution in [-0.2, 0) is 9.47 Å². The average Bonchev–Trinajstić information content (AvgIpc) is 2.33. The van der Waals surface area contributed by atoms with Crippen molar-refractivity contribution in [2.24, 2.45) is 0 Å². The molecular weight excluding hydrogens is 263 g/mol. The minimum absolute atomic E-state index is 0.0114. The van der Waals surface area contributed by atoms with Gasteiger partial charge in [-0.05, 0) is 12.5 Å². The summed E-state index contributed by atoms with van der Waals surface area (Å²) in [7, 11) is 1.67. The van der Waals surface area contributed by atoms with Crippen LogP contribution in [0.4, 0.5) is 5.82 Å². The first kappa shape index (κ1) is 12.9. The molecule has 1 fully saturated rings. The van der Waals surface area contributed by atoms with E-state index in [0.29, 0.717) is 29.1 Å². The highest BCUT2D eigenvalue weighted by molar-refractivity contribution is 6.35. The predicted molar refractivity (Wildman–Crippen MR) is 67.9 cm³/mol. The van der Waals surface area contributed by atoms with Gasteiger partial charge in [0.15, 0.2) is 0 Å². The normalized spacial score (nSPS) is 24.6. The first-order valence-electron chi connectivity index (χ1n) is 5.39. The van der Waals surface area contributed by atoms with Crippen LogP contribution in [0.1, 0.15) is 6.42 Å². The molecular formula is C11H14Cl2N2O2. The van der Waals surface area contributed by atoms with Crippen LogP contribution in [-0.4, -0.2) is 37.5 Å². The van der Waals surface area contributed by atoms with Gasteiger partial charge in [-0.1, -0.05) is 23.2 Å². The van der Waals surface area contributed by atoms with E-state index in [0.717, 1.165) is 6.42 Å². The Morgan fingerprint density at radius 2 is 2.35 bits per heavy atom. The molecule has 1 N–H and O–H groups in total. The van der Waals surface area contributed by atoms with E-state index in [4.69, 9.17) is 32.7 Å². The Hall–Kier alpha value is -0.550. The summed E-state index contributed by atoms with van der Waals surface area (Å²) in [5, 5.41) is 4.31. The Bertz CT molecular complexity index is 390. The molecule has 0 saturated carbocycles. The van der Waals surface area contributed by atoms with Gasteiger partial charge in [-0.2, -0.15) is 0 Å². The molecule has 17 heavy (non-hydrogen) atoms. The lowest BCUT2D eigenvalue weighted by atomic mass is 10.1. The summed E-state index contributed by atoms with van der Waals surface area (Å²) < 4.78 is 10.7. The second-order valence-corrected chi connectivity index (χ2v) is 4.72. The molecule has 94 valence electrons. The van der Waals surface area contributed by atoms with E-state index in [2.05, 4.69) is 10.3 Å². The Morgan fingerprint density at radius 3 is 3.06 bits per heavy atom. The molecule has 0 radical (unpaired) electrons. The molecule has 1 aromatic heterocycles. The SMILES string of the molecule is CO[C@H]1COCC[C@@H]1Nc1ncc(Cl)cc1Cl. The maximum absolute atomic E-state index is 6.06. The molecule has 0 aromatic carbocycles. The van der Waals surface area contributed by atoms with Crippen LogP contribution in [0.5, 0.6) is 0 Å². The van der Waals surface area contributed by atoms with Crippen molar-refractivity contribution < 1.29 is 9.47 Å². The average molecular weight is 277 g/mol. The van der Waals surface area contributed by atoms with Crippen molar-refractivity contribution in [3.8, 4) is 0 Å². The third kappa shape index (κ3) is 3.22. The quantitative estimate of drug-likeness (QED) is 0.922. The summed E-state index contributed by atoms with van der Waals surface area (Å²) in [4.78, 5) is 4.17. The highest BCUT2D eigenvalue weighted by atomic mass is 35.5. The Balaban J connectivity index is 2.08. The number of halogens is 2. The van der Waals surface area contributed by atoms with E-state index in [-0.39, 0.29) is 12.1 Å². The van der Waals surface area contributed by atoms with Crippen molar-refractivity contribution in [3.05, 3.63) is 22.3 Å². The van der Waals surface area contributed by atoms with E-state index in [9.17, 15) is 0 Å². The van der Waals surface area contributed by atoms with Gasteiger partial charge in [0, 0.05) is 19.9 Å². The lowest BCUT2D eigenvalue weighted by Crippen LogP contribution is -2.43. The largest absolute Gasteiger partial charge is 0.379 e. The van der Waals surface area contributed by atoms with E-state index in [1.165, 1.54) is 0 Å². The number of hydrogen-bond acceptors (Lipinski definition) is 4. The zero-order chi connectivity index (χ0) is 12.3. The second kappa shape index (κ2) is 5.87. The van der Waals surface area contributed by atoms with Gasteiger partial charge in [0.05, 0.1) is 22.7 Å². The number of anilines is 1. The summed E-state index contributed by atoms with van der Waals surface area (Å²) in [6.45, 7) is 1.29. The lowest BCUT2D eigenvalue weighted by molar-refractivity contribution is -0.0367. The summed E-state index contributed by atoms with van der Waals surface area (Å²) >= 11 is 11.9. The fourth-order valence-corrected chi connectivity index (χ4v) is 2.24. The van der Waals surface area contributed by atoms with Crippen LogP contribution < -0.4 is 5.32 Å². The van der Waals surface area contributed by atoms with Gasteiger partial charge in [0.25, 0.3) is 0 Å². The molecule has 1 aliphatic heterocycles. The summed E-state index contributed by atoms with van der Waals surface area (Å²) in [6, 6.07) is 1.82. The number of ether oxygens (including phenoxy) is 2. The van der Waals surface area contributed by atoms with Crippen molar-refractivity contribution in [2.45, 2.75) is 18.6 Å². The molecule has 1 aromatic rings. The van der Waals surface area contributed by atoms with Gasteiger partial charge in [-0.15, -0.1) is 0 Å². The highest BCUT2D eigenvalue weighted by Gasteiger charge is 2.26. The molecule has 2 rings (SSSR count). The van der Waals surface area contributed by atoms with Crippen molar-refractivity contribution >= 4 is 29.0 Å². The molecule has 4 nitrogen and oxygen atoms in total. The van der Waals surface area contributed by atoms with E-state index in [1.54, 1.807) is 19.4 Å². The molecule has 2 heterocycles. The van der Waals surface area contributed by atoms with Crippen molar-refractivity contribution in [2.75, 3.05) is 25.6 Å². The minimum atomic E-state index is 0.0114. The zero-order valence-corrected chi connectivity index (χ0v) is 11.0. The number of hydrogen-bond donors (Lipinski definition) is 1. The maximum Gasteiger partial charge on any atom is 0.145 e. The predicted octanol–water partition coefficient (Wildman–Crippen LogP) is 2.60. The molecule has 0 amide bonds. The standard InChI is InChI=1S/C11H14Cl2N2O2/c1-16-10-6-17-3-2-9(10)15-11-8(13)4-7(12)5-14-11/h4-5,9-10H,2-3,6H2,1H3,(H,14,15)/t9-,10-/m0/s1. The van der Waals surface area contributed by atoms with E-state index < -0.39 is 0 Å². The summed E-state index contributed by atoms with van der Waals surface area (Å²) in [5.74, 6) is 0.630. The summed E-state index contributed by atoms with van der Waals surface area (Å²) in [6.07, 6.45) is 2.44. The van der Waals surface area contributed by atoms with Gasteiger partial charge < -0.3 is 14.8 Å². The Morgan fingerprint density at radius 1 is 1.53 bits per heavy atom. The number of pyridine rings is 1. The monoisotopic (exact) mass is 276 g/mol. The van der Waals surface area contributed by atoms with Gasteiger partial charge >= 0.3 is 0 Å². The Labute approximate surface area is 110 Å². The molecule has 1 saturated heterocycles. The second-order valence-electron chi connectivity index (χ2n) is 3.87. The van der Waals surface area contributed by atoms with Crippen LogP contribution in [0, 0.1) is 0 Å². The molecule has 0 bridgehead atoms. The van der Waals surface area contributed by atoms with Crippen molar-refractivity contribution in [1.29, 1.82) is 0 Å². The molecule has 2 atom stereocenters. The molecule has 0 aliphatic carbocycles. The van der Waals surface area contributed by atoms with Gasteiger partial charge in [0.1, 0.15) is 11.9 Å². The first-order valence-corrected chi connectivity index (χ1v) is 6.14. The van der Waals surface area contributed by atoms with E-state index in [1.807, 2.05) is 0 Å². The highest BCUT2D eigenvalue weighted by Crippen LogP contribution is 2.25. The fraction of sp³-hybridized carbons (Fsp3) is 0.545. The number of methoxy groups -OCH3 is 1. The third-order valence-electron chi connectivity index (χ3n) is 2.74. The molecule has 1 aliphatic rings. The maximum atomic E-state index is 6.06. The van der Waals surface area contributed by atoms with Crippen LogP contribution in [0.15, 0.2) is 12.3 Å². The van der Waals surface area contributed by atoms with Crippen LogP contribution >= 0.6 is 23.2 Å². The van der Waals surface area contributed by atoms with Gasteiger partial charge in [-0.3, -0.25) is 0 Å². The van der Waals surface area contributed by atoms with Crippen LogP contribution in [0.2, 0.25) is 10.0 Å². The fourth-order valence-electron chi connectivity index (χ4n) is 1.81.